The lowest BCUT2D eigenvalue weighted by atomic mass is 9.96. The number of nitrogens with zero attached hydrogens (tertiary/aromatic N) is 1. The number of fused-ring (bicyclic) bond motifs is 1. The van der Waals surface area contributed by atoms with E-state index in [0.29, 0.717) is 0 Å². The summed E-state index contributed by atoms with van der Waals surface area (Å²) in [6.07, 6.45) is 4.50. The van der Waals surface area contributed by atoms with Gasteiger partial charge in [0.25, 0.3) is 5.91 Å². The zero-order valence-electron chi connectivity index (χ0n) is 13.2. The van der Waals surface area contributed by atoms with Gasteiger partial charge in [-0.3, -0.25) is 4.79 Å². The smallest absolute Gasteiger partial charge is 0.272 e. The van der Waals surface area contributed by atoms with Gasteiger partial charge in [0, 0.05) is 15.8 Å². The molecule has 1 N–H and O–H groups in total. The maximum atomic E-state index is 12.4. The van der Waals surface area contributed by atoms with Crippen LogP contribution < -0.4 is 5.43 Å². The molecule has 0 fully saturated rings. The zero-order valence-corrected chi connectivity index (χ0v) is 14.0. The average Bonchev–Trinajstić information content (AvgIpc) is 3.07. The van der Waals surface area contributed by atoms with E-state index in [9.17, 15) is 4.79 Å². The second-order valence-corrected chi connectivity index (χ2v) is 6.69. The molecule has 0 aliphatic heterocycles. The Morgan fingerprint density at radius 1 is 1.27 bits per heavy atom. The quantitative estimate of drug-likeness (QED) is 0.687. The number of hydrogen-bond acceptors (Lipinski definition) is 4. The summed E-state index contributed by atoms with van der Waals surface area (Å²) in [7, 11) is 0. The van der Waals surface area contributed by atoms with Gasteiger partial charge >= 0.3 is 0 Å². The lowest BCUT2D eigenvalue weighted by Gasteiger charge is -2.12. The van der Waals surface area contributed by atoms with Crippen molar-refractivity contribution >= 4 is 23.0 Å². The molecular weight excluding hydrogens is 296 g/mol. The molecule has 1 amide bonds. The SMILES string of the molecule is C/C(=N/NC(=O)c1csc2c1CCCC2)c1cc(C)oc1C. The maximum Gasteiger partial charge on any atom is 0.272 e. The number of carbonyl (C=O) groups is 1. The zero-order chi connectivity index (χ0) is 15.7. The van der Waals surface area contributed by atoms with Crippen molar-refractivity contribution in [1.82, 2.24) is 5.43 Å². The lowest BCUT2D eigenvalue weighted by molar-refractivity contribution is 0.0954. The van der Waals surface area contributed by atoms with Gasteiger partial charge < -0.3 is 4.42 Å². The topological polar surface area (TPSA) is 54.6 Å². The van der Waals surface area contributed by atoms with Crippen LogP contribution in [0.25, 0.3) is 0 Å². The van der Waals surface area contributed by atoms with E-state index in [4.69, 9.17) is 4.42 Å². The molecule has 0 aromatic carbocycles. The first kappa shape index (κ1) is 15.0. The van der Waals surface area contributed by atoms with Crippen molar-refractivity contribution in [3.05, 3.63) is 44.5 Å². The van der Waals surface area contributed by atoms with Gasteiger partial charge in [-0.2, -0.15) is 5.10 Å². The van der Waals surface area contributed by atoms with Crippen molar-refractivity contribution in [1.29, 1.82) is 0 Å². The number of amides is 1. The third-order valence-corrected chi connectivity index (χ3v) is 5.15. The summed E-state index contributed by atoms with van der Waals surface area (Å²) in [6.45, 7) is 5.68. The molecular formula is C17H20N2O2S. The molecule has 0 radical (unpaired) electrons. The minimum atomic E-state index is -0.114. The number of carbonyl (C=O) groups excluding carboxylic acids is 1. The van der Waals surface area contributed by atoms with Crippen molar-refractivity contribution in [2.75, 3.05) is 0 Å². The lowest BCUT2D eigenvalue weighted by Crippen LogP contribution is -2.20. The first-order valence-electron chi connectivity index (χ1n) is 7.57. The fourth-order valence-corrected chi connectivity index (χ4v) is 4.06. The molecule has 4 nitrogen and oxygen atoms in total. The number of hydrazone groups is 1. The summed E-state index contributed by atoms with van der Waals surface area (Å²) in [5.74, 6) is 1.55. The molecule has 116 valence electrons. The van der Waals surface area contributed by atoms with Gasteiger partial charge in [-0.25, -0.2) is 5.43 Å². The van der Waals surface area contributed by atoms with Crippen molar-refractivity contribution in [2.24, 2.45) is 5.10 Å². The van der Waals surface area contributed by atoms with Crippen LogP contribution in [-0.4, -0.2) is 11.6 Å². The maximum absolute atomic E-state index is 12.4. The fraction of sp³-hybridized carbons (Fsp3) is 0.412. The molecule has 0 bridgehead atoms. The first-order valence-corrected chi connectivity index (χ1v) is 8.45. The Kier molecular flexibility index (Phi) is 4.16. The largest absolute Gasteiger partial charge is 0.466 e. The van der Waals surface area contributed by atoms with Gasteiger partial charge in [0.05, 0.1) is 11.3 Å². The van der Waals surface area contributed by atoms with Crippen LogP contribution in [0, 0.1) is 13.8 Å². The van der Waals surface area contributed by atoms with Crippen LogP contribution in [0.2, 0.25) is 0 Å². The molecule has 22 heavy (non-hydrogen) atoms. The fourth-order valence-electron chi connectivity index (χ4n) is 2.93. The highest BCUT2D eigenvalue weighted by atomic mass is 32.1. The summed E-state index contributed by atoms with van der Waals surface area (Å²) in [5.41, 5.74) is 6.38. The van der Waals surface area contributed by atoms with Crippen molar-refractivity contribution in [2.45, 2.75) is 46.5 Å². The minimum Gasteiger partial charge on any atom is -0.466 e. The van der Waals surface area contributed by atoms with Crippen LogP contribution in [0.1, 0.15) is 57.6 Å². The number of rotatable bonds is 3. The van der Waals surface area contributed by atoms with Crippen LogP contribution in [0.3, 0.4) is 0 Å². The molecule has 5 heteroatoms. The van der Waals surface area contributed by atoms with E-state index in [-0.39, 0.29) is 5.91 Å². The monoisotopic (exact) mass is 316 g/mol. The van der Waals surface area contributed by atoms with Gasteiger partial charge in [0.2, 0.25) is 0 Å². The molecule has 0 atom stereocenters. The number of thiophene rings is 1. The molecule has 2 aromatic heterocycles. The predicted octanol–water partition coefficient (Wildman–Crippen LogP) is 3.99. The minimum absolute atomic E-state index is 0.114. The first-order chi connectivity index (χ1) is 10.6. The van der Waals surface area contributed by atoms with Crippen LogP contribution in [0.4, 0.5) is 0 Å². The molecule has 0 spiro atoms. The second-order valence-electron chi connectivity index (χ2n) is 5.72. The van der Waals surface area contributed by atoms with Crippen LogP contribution in [-0.2, 0) is 12.8 Å². The Morgan fingerprint density at radius 2 is 2.05 bits per heavy atom. The molecule has 0 saturated heterocycles. The summed E-state index contributed by atoms with van der Waals surface area (Å²) in [5, 5.41) is 6.20. The van der Waals surface area contributed by atoms with Crippen LogP contribution in [0.5, 0.6) is 0 Å². The molecule has 0 saturated carbocycles. The summed E-state index contributed by atoms with van der Waals surface area (Å²) >= 11 is 1.69. The van der Waals surface area contributed by atoms with Gasteiger partial charge in [0.15, 0.2) is 0 Å². The molecule has 0 unspecified atom stereocenters. The standard InChI is InChI=1S/C17H20N2O2S/c1-10-8-14(12(3)21-10)11(2)18-19-17(20)15-9-22-16-7-5-4-6-13(15)16/h8-9H,4-7H2,1-3H3,(H,19,20)/b18-11-. The summed E-state index contributed by atoms with van der Waals surface area (Å²) in [4.78, 5) is 13.7. The van der Waals surface area contributed by atoms with Crippen molar-refractivity contribution < 1.29 is 9.21 Å². The Balaban J connectivity index is 1.76. The Labute approximate surface area is 134 Å². The van der Waals surface area contributed by atoms with E-state index in [1.54, 1.807) is 11.3 Å². The third-order valence-electron chi connectivity index (χ3n) is 4.06. The normalized spacial score (nSPS) is 14.8. The molecule has 2 aromatic rings. The Morgan fingerprint density at radius 3 is 2.77 bits per heavy atom. The van der Waals surface area contributed by atoms with E-state index in [0.717, 1.165) is 41.2 Å². The van der Waals surface area contributed by atoms with Gasteiger partial charge in [-0.1, -0.05) is 0 Å². The highest BCUT2D eigenvalue weighted by Crippen LogP contribution is 2.30. The van der Waals surface area contributed by atoms with Gasteiger partial charge in [0.1, 0.15) is 11.5 Å². The highest BCUT2D eigenvalue weighted by Gasteiger charge is 2.20. The summed E-state index contributed by atoms with van der Waals surface area (Å²) < 4.78 is 5.50. The second kappa shape index (κ2) is 6.08. The predicted molar refractivity (Wildman–Crippen MR) is 88.8 cm³/mol. The number of aryl methyl sites for hydroxylation is 3. The summed E-state index contributed by atoms with van der Waals surface area (Å²) in [6, 6.07) is 1.94. The van der Waals surface area contributed by atoms with E-state index in [1.165, 1.54) is 23.3 Å². The van der Waals surface area contributed by atoms with E-state index in [2.05, 4.69) is 10.5 Å². The molecule has 1 aliphatic rings. The average molecular weight is 316 g/mol. The van der Waals surface area contributed by atoms with E-state index >= 15 is 0 Å². The van der Waals surface area contributed by atoms with E-state index < -0.39 is 0 Å². The number of furan rings is 1. The van der Waals surface area contributed by atoms with Crippen LogP contribution in [0.15, 0.2) is 21.0 Å². The van der Waals surface area contributed by atoms with Gasteiger partial charge in [-0.15, -0.1) is 11.3 Å². The third kappa shape index (κ3) is 2.86. The molecule has 3 rings (SSSR count). The highest BCUT2D eigenvalue weighted by molar-refractivity contribution is 7.10. The molecule has 1 aliphatic carbocycles. The van der Waals surface area contributed by atoms with Crippen LogP contribution >= 0.6 is 11.3 Å². The molecule has 2 heterocycles. The Bertz CT molecular complexity index is 740. The van der Waals surface area contributed by atoms with Crippen molar-refractivity contribution in [3.63, 3.8) is 0 Å². The van der Waals surface area contributed by atoms with Crippen molar-refractivity contribution in [3.8, 4) is 0 Å². The Hall–Kier alpha value is -1.88. The number of nitrogens with one attached hydrogen (secondary N) is 1. The number of hydrogen-bond donors (Lipinski definition) is 1. The van der Waals surface area contributed by atoms with E-state index in [1.807, 2.05) is 32.2 Å². The van der Waals surface area contributed by atoms with Gasteiger partial charge in [-0.05, 0) is 58.1 Å².